The van der Waals surface area contributed by atoms with Crippen LogP contribution in [-0.2, 0) is 0 Å². The maximum atomic E-state index is 4.44. The topological polar surface area (TPSA) is 12.9 Å². The molecule has 19 heavy (non-hydrogen) atoms. The lowest BCUT2D eigenvalue weighted by Gasteiger charge is -2.05. The Balaban J connectivity index is 2.03. The van der Waals surface area contributed by atoms with Gasteiger partial charge in [0.05, 0.1) is 5.69 Å². The predicted molar refractivity (Wildman–Crippen MR) is 82.8 cm³/mol. The molecule has 0 atom stereocenters. The highest BCUT2D eigenvalue weighted by Crippen LogP contribution is 2.25. The summed E-state index contributed by atoms with van der Waals surface area (Å²) in [6.45, 7) is 0. The number of pyridine rings is 1. The molecule has 2 aromatic carbocycles. The minimum Gasteiger partial charge on any atom is -0.256 e. The minimum absolute atomic E-state index is 1.00. The standard InChI is InChI=1S/C17H12BrN/c18-16-8-6-13(7-9-16)15-10-11-19-17(12-15)14-4-2-1-3-5-14/h1-12H. The molecule has 0 radical (unpaired) electrons. The van der Waals surface area contributed by atoms with E-state index in [2.05, 4.69) is 63.4 Å². The fourth-order valence-corrected chi connectivity index (χ4v) is 2.28. The molecule has 3 aromatic rings. The number of rotatable bonds is 2. The van der Waals surface area contributed by atoms with Crippen molar-refractivity contribution in [3.8, 4) is 22.4 Å². The Bertz CT molecular complexity index is 675. The first kappa shape index (κ1) is 12.1. The summed E-state index contributed by atoms with van der Waals surface area (Å²) in [6.07, 6.45) is 1.86. The molecule has 1 nitrogen and oxygen atoms in total. The molecular weight excluding hydrogens is 298 g/mol. The van der Waals surface area contributed by atoms with Gasteiger partial charge in [0.2, 0.25) is 0 Å². The Morgan fingerprint density at radius 2 is 1.42 bits per heavy atom. The average molecular weight is 310 g/mol. The highest BCUT2D eigenvalue weighted by Gasteiger charge is 2.02. The molecule has 0 saturated heterocycles. The first-order valence-corrected chi connectivity index (χ1v) is 6.90. The molecule has 0 aliphatic rings. The normalized spacial score (nSPS) is 10.4. The van der Waals surface area contributed by atoms with Gasteiger partial charge in [-0.25, -0.2) is 0 Å². The Kier molecular flexibility index (Phi) is 3.43. The molecule has 0 unspecified atom stereocenters. The SMILES string of the molecule is Brc1ccc(-c2ccnc(-c3ccccc3)c2)cc1. The van der Waals surface area contributed by atoms with Gasteiger partial charge in [0.15, 0.2) is 0 Å². The Morgan fingerprint density at radius 3 is 2.16 bits per heavy atom. The highest BCUT2D eigenvalue weighted by atomic mass is 79.9. The second-order valence-electron chi connectivity index (χ2n) is 4.30. The van der Waals surface area contributed by atoms with Crippen molar-refractivity contribution < 1.29 is 0 Å². The van der Waals surface area contributed by atoms with E-state index in [1.165, 1.54) is 11.1 Å². The summed E-state index contributed by atoms with van der Waals surface area (Å²) in [4.78, 5) is 4.44. The van der Waals surface area contributed by atoms with Crippen LogP contribution < -0.4 is 0 Å². The maximum Gasteiger partial charge on any atom is 0.0708 e. The summed E-state index contributed by atoms with van der Waals surface area (Å²) in [5.74, 6) is 0. The van der Waals surface area contributed by atoms with Crippen molar-refractivity contribution in [2.45, 2.75) is 0 Å². The molecule has 0 N–H and O–H groups in total. The van der Waals surface area contributed by atoms with Gasteiger partial charge in [-0.1, -0.05) is 58.4 Å². The highest BCUT2D eigenvalue weighted by molar-refractivity contribution is 9.10. The number of aromatic nitrogens is 1. The first-order chi connectivity index (χ1) is 9.33. The summed E-state index contributed by atoms with van der Waals surface area (Å²) < 4.78 is 1.09. The predicted octanol–water partition coefficient (Wildman–Crippen LogP) is 5.18. The van der Waals surface area contributed by atoms with Crippen molar-refractivity contribution in [3.63, 3.8) is 0 Å². The molecule has 0 aliphatic heterocycles. The summed E-state index contributed by atoms with van der Waals surface area (Å²) in [5.41, 5.74) is 4.52. The zero-order valence-electron chi connectivity index (χ0n) is 10.3. The van der Waals surface area contributed by atoms with Crippen LogP contribution in [0, 0.1) is 0 Å². The third-order valence-electron chi connectivity index (χ3n) is 3.01. The van der Waals surface area contributed by atoms with E-state index in [1.54, 1.807) is 0 Å². The third-order valence-corrected chi connectivity index (χ3v) is 3.54. The summed E-state index contributed by atoms with van der Waals surface area (Å²) in [7, 11) is 0. The van der Waals surface area contributed by atoms with Gasteiger partial charge in [0, 0.05) is 16.2 Å². The molecule has 0 bridgehead atoms. The van der Waals surface area contributed by atoms with Crippen LogP contribution >= 0.6 is 15.9 Å². The van der Waals surface area contributed by atoms with Gasteiger partial charge in [-0.15, -0.1) is 0 Å². The van der Waals surface area contributed by atoms with Crippen LogP contribution in [-0.4, -0.2) is 4.98 Å². The summed E-state index contributed by atoms with van der Waals surface area (Å²) in [5, 5.41) is 0. The van der Waals surface area contributed by atoms with Crippen molar-refractivity contribution in [2.75, 3.05) is 0 Å². The van der Waals surface area contributed by atoms with Crippen LogP contribution in [0.2, 0.25) is 0 Å². The molecule has 0 amide bonds. The molecule has 0 spiro atoms. The van der Waals surface area contributed by atoms with E-state index < -0.39 is 0 Å². The van der Waals surface area contributed by atoms with E-state index in [-0.39, 0.29) is 0 Å². The average Bonchev–Trinajstić information content (AvgIpc) is 2.49. The molecule has 2 heteroatoms. The van der Waals surface area contributed by atoms with Crippen LogP contribution in [0.1, 0.15) is 0 Å². The van der Waals surface area contributed by atoms with Crippen molar-refractivity contribution in [1.82, 2.24) is 4.98 Å². The number of benzene rings is 2. The fourth-order valence-electron chi connectivity index (χ4n) is 2.02. The van der Waals surface area contributed by atoms with Gasteiger partial charge in [-0.05, 0) is 35.4 Å². The Morgan fingerprint density at radius 1 is 0.684 bits per heavy atom. The quantitative estimate of drug-likeness (QED) is 0.635. The second kappa shape index (κ2) is 5.37. The van der Waals surface area contributed by atoms with Crippen LogP contribution in [0.25, 0.3) is 22.4 Å². The van der Waals surface area contributed by atoms with Gasteiger partial charge in [-0.3, -0.25) is 4.98 Å². The van der Waals surface area contributed by atoms with E-state index >= 15 is 0 Å². The Hall–Kier alpha value is -1.93. The van der Waals surface area contributed by atoms with Gasteiger partial charge in [-0.2, -0.15) is 0 Å². The van der Waals surface area contributed by atoms with Crippen molar-refractivity contribution >= 4 is 15.9 Å². The van der Waals surface area contributed by atoms with E-state index in [9.17, 15) is 0 Å². The first-order valence-electron chi connectivity index (χ1n) is 6.10. The van der Waals surface area contributed by atoms with E-state index in [0.29, 0.717) is 0 Å². The lowest BCUT2D eigenvalue weighted by molar-refractivity contribution is 1.33. The van der Waals surface area contributed by atoms with Gasteiger partial charge < -0.3 is 0 Å². The molecule has 1 heterocycles. The molecule has 0 aliphatic carbocycles. The lowest BCUT2D eigenvalue weighted by Crippen LogP contribution is -1.85. The molecular formula is C17H12BrN. The number of hydrogen-bond donors (Lipinski definition) is 0. The monoisotopic (exact) mass is 309 g/mol. The van der Waals surface area contributed by atoms with Crippen LogP contribution in [0.15, 0.2) is 77.4 Å². The minimum atomic E-state index is 1.00. The Labute approximate surface area is 121 Å². The molecule has 1 aromatic heterocycles. The van der Waals surface area contributed by atoms with E-state index in [4.69, 9.17) is 0 Å². The largest absolute Gasteiger partial charge is 0.256 e. The molecule has 3 rings (SSSR count). The van der Waals surface area contributed by atoms with Gasteiger partial charge in [0.25, 0.3) is 0 Å². The van der Waals surface area contributed by atoms with Crippen LogP contribution in [0.5, 0.6) is 0 Å². The van der Waals surface area contributed by atoms with Gasteiger partial charge >= 0.3 is 0 Å². The second-order valence-corrected chi connectivity index (χ2v) is 5.22. The van der Waals surface area contributed by atoms with Crippen LogP contribution in [0.4, 0.5) is 0 Å². The van der Waals surface area contributed by atoms with Crippen molar-refractivity contribution in [2.24, 2.45) is 0 Å². The molecule has 92 valence electrons. The molecule has 0 fully saturated rings. The fraction of sp³-hybridized carbons (Fsp3) is 0. The zero-order valence-corrected chi connectivity index (χ0v) is 11.8. The van der Waals surface area contributed by atoms with E-state index in [1.807, 2.05) is 30.5 Å². The summed E-state index contributed by atoms with van der Waals surface area (Å²) >= 11 is 3.46. The van der Waals surface area contributed by atoms with E-state index in [0.717, 1.165) is 15.7 Å². The summed E-state index contributed by atoms with van der Waals surface area (Å²) in [6, 6.07) is 22.7. The van der Waals surface area contributed by atoms with Gasteiger partial charge in [0.1, 0.15) is 0 Å². The zero-order chi connectivity index (χ0) is 13.1. The van der Waals surface area contributed by atoms with Crippen LogP contribution in [0.3, 0.4) is 0 Å². The number of hydrogen-bond acceptors (Lipinski definition) is 1. The smallest absolute Gasteiger partial charge is 0.0708 e. The van der Waals surface area contributed by atoms with Crippen molar-refractivity contribution in [1.29, 1.82) is 0 Å². The van der Waals surface area contributed by atoms with Crippen molar-refractivity contribution in [3.05, 3.63) is 77.4 Å². The number of nitrogens with zero attached hydrogens (tertiary/aromatic N) is 1. The lowest BCUT2D eigenvalue weighted by atomic mass is 10.0. The third kappa shape index (κ3) is 2.74. The maximum absolute atomic E-state index is 4.44. The number of halogens is 1. The molecule has 0 saturated carbocycles.